The molecular formula is C9H19NO. The van der Waals surface area contributed by atoms with Gasteiger partial charge in [-0.25, -0.2) is 0 Å². The molecule has 2 heteroatoms. The summed E-state index contributed by atoms with van der Waals surface area (Å²) in [5.41, 5.74) is 0. The number of carbonyl (C=O) groups excluding carboxylic acids is 1. The third kappa shape index (κ3) is 4.82. The second kappa shape index (κ2) is 6.20. The molecule has 11 heavy (non-hydrogen) atoms. The lowest BCUT2D eigenvalue weighted by Crippen LogP contribution is -2.33. The van der Waals surface area contributed by atoms with Crippen LogP contribution in [0.3, 0.4) is 0 Å². The molecule has 0 radical (unpaired) electrons. The van der Waals surface area contributed by atoms with Gasteiger partial charge < -0.3 is 5.32 Å². The van der Waals surface area contributed by atoms with Crippen LogP contribution < -0.4 is 5.32 Å². The first kappa shape index (κ1) is 10.5. The summed E-state index contributed by atoms with van der Waals surface area (Å²) in [5.74, 6) is 0.196. The van der Waals surface area contributed by atoms with Gasteiger partial charge in [0.15, 0.2) is 0 Å². The Morgan fingerprint density at radius 1 is 1.27 bits per heavy atom. The van der Waals surface area contributed by atoms with E-state index in [4.69, 9.17) is 0 Å². The lowest BCUT2D eigenvalue weighted by atomic mass is 10.1. The molecule has 0 aliphatic heterocycles. The van der Waals surface area contributed by atoms with Crippen molar-refractivity contribution in [1.29, 1.82) is 0 Å². The summed E-state index contributed by atoms with van der Waals surface area (Å²) in [6, 6.07) is 0.383. The minimum absolute atomic E-state index is 0.196. The topological polar surface area (TPSA) is 29.1 Å². The molecule has 0 fully saturated rings. The molecule has 0 saturated carbocycles. The van der Waals surface area contributed by atoms with E-state index in [0.29, 0.717) is 12.5 Å². The van der Waals surface area contributed by atoms with Crippen molar-refractivity contribution in [3.05, 3.63) is 0 Å². The molecule has 0 aromatic heterocycles. The Morgan fingerprint density at radius 3 is 2.18 bits per heavy atom. The summed E-state index contributed by atoms with van der Waals surface area (Å²) in [4.78, 5) is 11.1. The fourth-order valence-corrected chi connectivity index (χ4v) is 1.02. The molecule has 0 heterocycles. The minimum Gasteiger partial charge on any atom is -0.353 e. The van der Waals surface area contributed by atoms with Gasteiger partial charge in [0.2, 0.25) is 5.91 Å². The first-order valence-electron chi connectivity index (χ1n) is 4.53. The van der Waals surface area contributed by atoms with Crippen molar-refractivity contribution in [1.82, 2.24) is 5.32 Å². The van der Waals surface area contributed by atoms with E-state index in [1.54, 1.807) is 0 Å². The van der Waals surface area contributed by atoms with Crippen LogP contribution in [0.5, 0.6) is 0 Å². The number of nitrogens with one attached hydrogen (secondary N) is 1. The Hall–Kier alpha value is -0.530. The zero-order valence-electron chi connectivity index (χ0n) is 7.81. The molecular weight excluding hydrogens is 138 g/mol. The van der Waals surface area contributed by atoms with Crippen molar-refractivity contribution in [3.63, 3.8) is 0 Å². The SMILES string of the molecule is CCCC(=O)NC(CC)CC. The maximum Gasteiger partial charge on any atom is 0.220 e. The van der Waals surface area contributed by atoms with Gasteiger partial charge in [0.05, 0.1) is 0 Å². The molecule has 2 nitrogen and oxygen atoms in total. The minimum atomic E-state index is 0.196. The van der Waals surface area contributed by atoms with Gasteiger partial charge in [0, 0.05) is 12.5 Å². The van der Waals surface area contributed by atoms with E-state index in [1.807, 2.05) is 6.92 Å². The van der Waals surface area contributed by atoms with Crippen LogP contribution in [-0.4, -0.2) is 11.9 Å². The van der Waals surface area contributed by atoms with E-state index in [-0.39, 0.29) is 5.91 Å². The summed E-state index contributed by atoms with van der Waals surface area (Å²) >= 11 is 0. The fraction of sp³-hybridized carbons (Fsp3) is 0.889. The van der Waals surface area contributed by atoms with E-state index in [1.165, 1.54) is 0 Å². The Morgan fingerprint density at radius 2 is 1.82 bits per heavy atom. The molecule has 0 bridgehead atoms. The second-order valence-electron chi connectivity index (χ2n) is 2.83. The average Bonchev–Trinajstić information content (AvgIpc) is 2.01. The predicted octanol–water partition coefficient (Wildman–Crippen LogP) is 2.09. The lowest BCUT2D eigenvalue weighted by molar-refractivity contribution is -0.121. The summed E-state index contributed by atoms with van der Waals surface area (Å²) in [6.07, 6.45) is 3.67. The largest absolute Gasteiger partial charge is 0.353 e. The number of hydrogen-bond donors (Lipinski definition) is 1. The highest BCUT2D eigenvalue weighted by Crippen LogP contribution is 1.97. The molecule has 0 aromatic rings. The maximum atomic E-state index is 11.1. The van der Waals surface area contributed by atoms with Crippen molar-refractivity contribution in [3.8, 4) is 0 Å². The molecule has 66 valence electrons. The van der Waals surface area contributed by atoms with Crippen LogP contribution >= 0.6 is 0 Å². The molecule has 0 saturated heterocycles. The molecule has 0 aliphatic carbocycles. The zero-order valence-corrected chi connectivity index (χ0v) is 7.81. The smallest absolute Gasteiger partial charge is 0.220 e. The standard InChI is InChI=1S/C9H19NO/c1-4-7-9(11)10-8(5-2)6-3/h8H,4-7H2,1-3H3,(H,10,11). The Kier molecular flexibility index (Phi) is 5.90. The van der Waals surface area contributed by atoms with Crippen molar-refractivity contribution in [2.75, 3.05) is 0 Å². The van der Waals surface area contributed by atoms with Crippen LogP contribution in [-0.2, 0) is 4.79 Å². The highest BCUT2D eigenvalue weighted by atomic mass is 16.1. The summed E-state index contributed by atoms with van der Waals surface area (Å²) in [7, 11) is 0. The third-order valence-corrected chi connectivity index (χ3v) is 1.83. The van der Waals surface area contributed by atoms with E-state index in [9.17, 15) is 4.79 Å². The van der Waals surface area contributed by atoms with Crippen LogP contribution in [0.4, 0.5) is 0 Å². The fourth-order valence-electron chi connectivity index (χ4n) is 1.02. The van der Waals surface area contributed by atoms with Gasteiger partial charge in [-0.15, -0.1) is 0 Å². The van der Waals surface area contributed by atoms with Crippen molar-refractivity contribution in [2.45, 2.75) is 52.5 Å². The van der Waals surface area contributed by atoms with E-state index >= 15 is 0 Å². The van der Waals surface area contributed by atoms with Gasteiger partial charge in [0.25, 0.3) is 0 Å². The molecule has 1 N–H and O–H groups in total. The van der Waals surface area contributed by atoms with Gasteiger partial charge in [-0.05, 0) is 19.3 Å². The Balaban J connectivity index is 3.54. The molecule has 0 atom stereocenters. The van der Waals surface area contributed by atoms with Crippen molar-refractivity contribution >= 4 is 5.91 Å². The average molecular weight is 157 g/mol. The maximum absolute atomic E-state index is 11.1. The number of hydrogen-bond acceptors (Lipinski definition) is 1. The lowest BCUT2D eigenvalue weighted by Gasteiger charge is -2.13. The molecule has 0 aliphatic rings. The van der Waals surface area contributed by atoms with Crippen LogP contribution in [0, 0.1) is 0 Å². The number of amides is 1. The van der Waals surface area contributed by atoms with Gasteiger partial charge in [0.1, 0.15) is 0 Å². The quantitative estimate of drug-likeness (QED) is 0.650. The summed E-state index contributed by atoms with van der Waals surface area (Å²) < 4.78 is 0. The van der Waals surface area contributed by atoms with Gasteiger partial charge in [-0.1, -0.05) is 20.8 Å². The number of carbonyl (C=O) groups is 1. The second-order valence-corrected chi connectivity index (χ2v) is 2.83. The van der Waals surface area contributed by atoms with Crippen LogP contribution in [0.15, 0.2) is 0 Å². The van der Waals surface area contributed by atoms with E-state index < -0.39 is 0 Å². The molecule has 0 unspecified atom stereocenters. The van der Waals surface area contributed by atoms with Gasteiger partial charge in [-0.3, -0.25) is 4.79 Å². The normalized spacial score (nSPS) is 10.2. The van der Waals surface area contributed by atoms with Crippen molar-refractivity contribution < 1.29 is 4.79 Å². The Labute approximate surface area is 69.4 Å². The third-order valence-electron chi connectivity index (χ3n) is 1.83. The van der Waals surface area contributed by atoms with Gasteiger partial charge in [-0.2, -0.15) is 0 Å². The summed E-state index contributed by atoms with van der Waals surface area (Å²) in [5, 5.41) is 2.98. The summed E-state index contributed by atoms with van der Waals surface area (Å²) in [6.45, 7) is 6.22. The monoisotopic (exact) mass is 157 g/mol. The van der Waals surface area contributed by atoms with Crippen LogP contribution in [0.2, 0.25) is 0 Å². The van der Waals surface area contributed by atoms with Crippen LogP contribution in [0.25, 0.3) is 0 Å². The Bertz CT molecular complexity index is 108. The van der Waals surface area contributed by atoms with Crippen molar-refractivity contribution in [2.24, 2.45) is 0 Å². The molecule has 0 aromatic carbocycles. The molecule has 1 amide bonds. The highest BCUT2D eigenvalue weighted by Gasteiger charge is 2.05. The van der Waals surface area contributed by atoms with Gasteiger partial charge >= 0.3 is 0 Å². The molecule has 0 spiro atoms. The van der Waals surface area contributed by atoms with E-state index in [2.05, 4.69) is 19.2 Å². The number of rotatable bonds is 5. The first-order valence-corrected chi connectivity index (χ1v) is 4.53. The van der Waals surface area contributed by atoms with Crippen LogP contribution in [0.1, 0.15) is 46.5 Å². The highest BCUT2D eigenvalue weighted by molar-refractivity contribution is 5.76. The van der Waals surface area contributed by atoms with E-state index in [0.717, 1.165) is 19.3 Å². The molecule has 0 rings (SSSR count). The first-order chi connectivity index (χ1) is 5.24. The predicted molar refractivity (Wildman–Crippen MR) is 47.4 cm³/mol. The zero-order chi connectivity index (χ0) is 8.69.